The molecule has 0 N–H and O–H groups in total. The van der Waals surface area contributed by atoms with E-state index in [9.17, 15) is 13.6 Å². The number of rotatable bonds is 3. The zero-order valence-electron chi connectivity index (χ0n) is 9.01. The van der Waals surface area contributed by atoms with Crippen LogP contribution in [-0.4, -0.2) is 30.8 Å². The molecule has 0 aliphatic carbocycles. The fourth-order valence-corrected chi connectivity index (χ4v) is 1.61. The molecule has 0 heterocycles. The van der Waals surface area contributed by atoms with E-state index in [2.05, 4.69) is 15.9 Å². The average Bonchev–Trinajstić information content (AvgIpc) is 2.20. The first-order chi connectivity index (χ1) is 7.41. The molecule has 0 unspecified atom stereocenters. The zero-order valence-corrected chi connectivity index (χ0v) is 10.6. The first-order valence-corrected chi connectivity index (χ1v) is 5.51. The number of aryl methyl sites for hydroxylation is 1. The minimum atomic E-state index is -2.51. The van der Waals surface area contributed by atoms with E-state index in [-0.39, 0.29) is 0 Å². The van der Waals surface area contributed by atoms with Crippen molar-refractivity contribution < 1.29 is 13.6 Å². The van der Waals surface area contributed by atoms with Crippen molar-refractivity contribution in [2.75, 3.05) is 13.6 Å². The third-order valence-corrected chi connectivity index (χ3v) is 3.03. The van der Waals surface area contributed by atoms with Gasteiger partial charge in [-0.25, -0.2) is 8.78 Å². The number of benzene rings is 1. The summed E-state index contributed by atoms with van der Waals surface area (Å²) in [4.78, 5) is 12.7. The second kappa shape index (κ2) is 5.39. The standard InChI is InChI=1S/C11H12BrF2NO/c1-7-3-4-8(5-9(7)12)11(16)15(2)6-10(13)14/h3-5,10H,6H2,1-2H3. The number of alkyl halides is 2. The SMILES string of the molecule is Cc1ccc(C(=O)N(C)CC(F)F)cc1Br. The largest absolute Gasteiger partial charge is 0.336 e. The minimum absolute atomic E-state index is 0.402. The number of hydrogen-bond acceptors (Lipinski definition) is 1. The van der Waals surface area contributed by atoms with Gasteiger partial charge in [0.1, 0.15) is 0 Å². The van der Waals surface area contributed by atoms with Crippen molar-refractivity contribution in [1.29, 1.82) is 0 Å². The Morgan fingerprint density at radius 3 is 2.62 bits per heavy atom. The van der Waals surface area contributed by atoms with Crippen LogP contribution in [0.5, 0.6) is 0 Å². The summed E-state index contributed by atoms with van der Waals surface area (Å²) >= 11 is 3.30. The van der Waals surface area contributed by atoms with E-state index in [1.807, 2.05) is 6.92 Å². The zero-order chi connectivity index (χ0) is 12.3. The van der Waals surface area contributed by atoms with Gasteiger partial charge in [-0.3, -0.25) is 4.79 Å². The summed E-state index contributed by atoms with van der Waals surface area (Å²) in [5, 5.41) is 0. The van der Waals surface area contributed by atoms with Gasteiger partial charge in [0, 0.05) is 17.1 Å². The van der Waals surface area contributed by atoms with E-state index in [0.29, 0.717) is 5.56 Å². The Kier molecular flexibility index (Phi) is 4.41. The number of carbonyl (C=O) groups is 1. The molecule has 5 heteroatoms. The van der Waals surface area contributed by atoms with Crippen molar-refractivity contribution in [2.45, 2.75) is 13.3 Å². The third kappa shape index (κ3) is 3.27. The van der Waals surface area contributed by atoms with Crippen LogP contribution >= 0.6 is 15.9 Å². The highest BCUT2D eigenvalue weighted by atomic mass is 79.9. The molecular formula is C11H12BrF2NO. The van der Waals surface area contributed by atoms with E-state index in [1.54, 1.807) is 18.2 Å². The molecule has 88 valence electrons. The highest BCUT2D eigenvalue weighted by Crippen LogP contribution is 2.18. The lowest BCUT2D eigenvalue weighted by molar-refractivity contribution is 0.0620. The lowest BCUT2D eigenvalue weighted by Crippen LogP contribution is -2.31. The normalized spacial score (nSPS) is 10.6. The van der Waals surface area contributed by atoms with Gasteiger partial charge >= 0.3 is 0 Å². The number of hydrogen-bond donors (Lipinski definition) is 0. The summed E-state index contributed by atoms with van der Waals surface area (Å²) in [6.07, 6.45) is -2.51. The van der Waals surface area contributed by atoms with E-state index in [0.717, 1.165) is 14.9 Å². The van der Waals surface area contributed by atoms with Gasteiger partial charge in [0.25, 0.3) is 12.3 Å². The molecule has 0 spiro atoms. The molecule has 0 radical (unpaired) electrons. The van der Waals surface area contributed by atoms with Crippen molar-refractivity contribution in [3.63, 3.8) is 0 Å². The predicted molar refractivity (Wildman–Crippen MR) is 61.8 cm³/mol. The molecule has 0 aliphatic heterocycles. The first-order valence-electron chi connectivity index (χ1n) is 4.71. The third-order valence-electron chi connectivity index (χ3n) is 2.18. The van der Waals surface area contributed by atoms with Crippen LogP contribution in [0.1, 0.15) is 15.9 Å². The number of halogens is 3. The Bertz CT molecular complexity index is 396. The van der Waals surface area contributed by atoms with Crippen LogP contribution in [0.3, 0.4) is 0 Å². The van der Waals surface area contributed by atoms with Crippen molar-refractivity contribution in [1.82, 2.24) is 4.90 Å². The van der Waals surface area contributed by atoms with Crippen molar-refractivity contribution in [2.24, 2.45) is 0 Å². The second-order valence-corrected chi connectivity index (χ2v) is 4.40. The molecule has 2 nitrogen and oxygen atoms in total. The minimum Gasteiger partial charge on any atom is -0.336 e. The summed E-state index contributed by atoms with van der Waals surface area (Å²) in [5.74, 6) is -0.402. The second-order valence-electron chi connectivity index (χ2n) is 3.54. The molecule has 0 atom stereocenters. The molecule has 1 aromatic rings. The molecule has 0 bridgehead atoms. The van der Waals surface area contributed by atoms with Crippen molar-refractivity contribution >= 4 is 21.8 Å². The van der Waals surface area contributed by atoms with E-state index in [1.165, 1.54) is 7.05 Å². The predicted octanol–water partition coefficient (Wildman–Crippen LogP) is 3.09. The topological polar surface area (TPSA) is 20.3 Å². The fraction of sp³-hybridized carbons (Fsp3) is 0.364. The first kappa shape index (κ1) is 13.1. The van der Waals surface area contributed by atoms with Gasteiger partial charge in [0.2, 0.25) is 0 Å². The maximum atomic E-state index is 12.1. The highest BCUT2D eigenvalue weighted by molar-refractivity contribution is 9.10. The van der Waals surface area contributed by atoms with E-state index >= 15 is 0 Å². The van der Waals surface area contributed by atoms with Crippen LogP contribution in [0.25, 0.3) is 0 Å². The van der Waals surface area contributed by atoms with Gasteiger partial charge in [-0.2, -0.15) is 0 Å². The lowest BCUT2D eigenvalue weighted by atomic mass is 10.1. The van der Waals surface area contributed by atoms with Gasteiger partial charge in [-0.1, -0.05) is 22.0 Å². The van der Waals surface area contributed by atoms with Gasteiger partial charge in [-0.05, 0) is 24.6 Å². The average molecular weight is 292 g/mol. The molecule has 1 rings (SSSR count). The van der Waals surface area contributed by atoms with Gasteiger partial charge in [0.05, 0.1) is 6.54 Å². The fourth-order valence-electron chi connectivity index (χ4n) is 1.24. The Labute approximate surface area is 101 Å². The number of nitrogens with zero attached hydrogens (tertiary/aromatic N) is 1. The summed E-state index contributed by atoms with van der Waals surface area (Å²) < 4.78 is 25.0. The summed E-state index contributed by atoms with van der Waals surface area (Å²) in [6, 6.07) is 5.04. The molecule has 0 aliphatic rings. The van der Waals surface area contributed by atoms with Gasteiger partial charge < -0.3 is 4.90 Å². The molecule has 1 aromatic carbocycles. The van der Waals surface area contributed by atoms with Crippen LogP contribution in [-0.2, 0) is 0 Å². The Morgan fingerprint density at radius 2 is 2.12 bits per heavy atom. The maximum absolute atomic E-state index is 12.1. The summed E-state index contributed by atoms with van der Waals surface area (Å²) in [5.41, 5.74) is 1.40. The summed E-state index contributed by atoms with van der Waals surface area (Å²) in [7, 11) is 1.36. The quantitative estimate of drug-likeness (QED) is 0.838. The molecule has 0 fully saturated rings. The molecular weight excluding hydrogens is 280 g/mol. The lowest BCUT2D eigenvalue weighted by Gasteiger charge is -2.16. The van der Waals surface area contributed by atoms with E-state index < -0.39 is 18.9 Å². The van der Waals surface area contributed by atoms with Crippen LogP contribution in [0, 0.1) is 6.92 Å². The Hall–Kier alpha value is -0.970. The van der Waals surface area contributed by atoms with Gasteiger partial charge in [-0.15, -0.1) is 0 Å². The smallest absolute Gasteiger partial charge is 0.255 e. The Morgan fingerprint density at radius 1 is 1.50 bits per heavy atom. The van der Waals surface area contributed by atoms with Crippen LogP contribution < -0.4 is 0 Å². The molecule has 16 heavy (non-hydrogen) atoms. The number of amides is 1. The monoisotopic (exact) mass is 291 g/mol. The van der Waals surface area contributed by atoms with E-state index in [4.69, 9.17) is 0 Å². The van der Waals surface area contributed by atoms with Crippen LogP contribution in [0.4, 0.5) is 8.78 Å². The Balaban J connectivity index is 2.84. The molecule has 0 aromatic heterocycles. The molecule has 0 saturated heterocycles. The highest BCUT2D eigenvalue weighted by Gasteiger charge is 2.16. The van der Waals surface area contributed by atoms with Crippen LogP contribution in [0.2, 0.25) is 0 Å². The summed E-state index contributed by atoms with van der Waals surface area (Å²) in [6.45, 7) is 1.34. The van der Waals surface area contributed by atoms with Gasteiger partial charge in [0.15, 0.2) is 0 Å². The van der Waals surface area contributed by atoms with Crippen molar-refractivity contribution in [3.8, 4) is 0 Å². The number of carbonyl (C=O) groups excluding carboxylic acids is 1. The molecule has 0 saturated carbocycles. The van der Waals surface area contributed by atoms with Crippen LogP contribution in [0.15, 0.2) is 22.7 Å². The molecule has 1 amide bonds. The van der Waals surface area contributed by atoms with Crippen molar-refractivity contribution in [3.05, 3.63) is 33.8 Å². The maximum Gasteiger partial charge on any atom is 0.255 e.